The number of likely N-dealkylation sites (N-methyl/N-ethyl adjacent to an activating group) is 1. The fraction of sp³-hybridized carbons (Fsp3) is 0.600. The van der Waals surface area contributed by atoms with Gasteiger partial charge in [-0.15, -0.1) is 0 Å². The van der Waals surface area contributed by atoms with Gasteiger partial charge in [0.05, 0.1) is 6.04 Å². The van der Waals surface area contributed by atoms with Crippen LogP contribution < -0.4 is 5.32 Å². The van der Waals surface area contributed by atoms with Gasteiger partial charge >= 0.3 is 0 Å². The third kappa shape index (κ3) is 5.94. The second-order valence-corrected chi connectivity index (χ2v) is 7.57. The molecule has 0 amide bonds. The molecule has 0 unspecified atom stereocenters. The molecule has 0 aliphatic rings. The maximum absolute atomic E-state index is 5.43. The first-order chi connectivity index (χ1) is 11.9. The maximum Gasteiger partial charge on any atom is 0.243 e. The van der Waals surface area contributed by atoms with Gasteiger partial charge in [0.25, 0.3) is 0 Å². The first-order valence-electron chi connectivity index (χ1n) is 9.18. The highest BCUT2D eigenvalue weighted by atomic mass is 16.5. The largest absolute Gasteiger partial charge is 0.338 e. The van der Waals surface area contributed by atoms with E-state index in [2.05, 4.69) is 92.4 Å². The molecule has 5 nitrogen and oxygen atoms in total. The van der Waals surface area contributed by atoms with Gasteiger partial charge in [-0.25, -0.2) is 0 Å². The number of hydrogen-bond donors (Lipinski definition) is 1. The van der Waals surface area contributed by atoms with Gasteiger partial charge in [0.1, 0.15) is 0 Å². The number of nitrogens with one attached hydrogen (secondary N) is 1. The zero-order chi connectivity index (χ0) is 18.4. The lowest BCUT2D eigenvalue weighted by Gasteiger charge is -2.29. The molecule has 0 aliphatic heterocycles. The molecule has 2 rings (SSSR count). The Labute approximate surface area is 151 Å². The van der Waals surface area contributed by atoms with Crippen molar-refractivity contribution in [3.63, 3.8) is 0 Å². The van der Waals surface area contributed by atoms with E-state index in [1.54, 1.807) is 0 Å². The van der Waals surface area contributed by atoms with E-state index in [0.717, 1.165) is 18.9 Å². The molecule has 1 N–H and O–H groups in total. The Balaban J connectivity index is 1.95. The summed E-state index contributed by atoms with van der Waals surface area (Å²) in [7, 11) is 2.16. The van der Waals surface area contributed by atoms with Crippen LogP contribution in [-0.4, -0.2) is 34.7 Å². The van der Waals surface area contributed by atoms with Crippen molar-refractivity contribution in [2.24, 2.45) is 5.92 Å². The van der Waals surface area contributed by atoms with Crippen LogP contribution in [0.15, 0.2) is 34.9 Å². The van der Waals surface area contributed by atoms with E-state index in [1.807, 2.05) is 0 Å². The van der Waals surface area contributed by atoms with Crippen molar-refractivity contribution in [2.45, 2.75) is 59.2 Å². The molecule has 25 heavy (non-hydrogen) atoms. The van der Waals surface area contributed by atoms with Crippen LogP contribution in [-0.2, 0) is 6.54 Å². The summed E-state index contributed by atoms with van der Waals surface area (Å²) in [5.41, 5.74) is 1.33. The Morgan fingerprint density at radius 2 is 1.76 bits per heavy atom. The van der Waals surface area contributed by atoms with Crippen LogP contribution in [0.25, 0.3) is 0 Å². The lowest BCUT2D eigenvalue weighted by molar-refractivity contribution is 0.225. The van der Waals surface area contributed by atoms with E-state index < -0.39 is 0 Å². The van der Waals surface area contributed by atoms with Gasteiger partial charge < -0.3 is 14.7 Å². The van der Waals surface area contributed by atoms with Crippen molar-refractivity contribution in [2.75, 3.05) is 13.6 Å². The number of rotatable bonds is 9. The monoisotopic (exact) mass is 344 g/mol. The second-order valence-electron chi connectivity index (χ2n) is 7.57. The third-order valence-corrected chi connectivity index (χ3v) is 4.42. The van der Waals surface area contributed by atoms with E-state index in [4.69, 9.17) is 4.52 Å². The molecule has 1 aromatic carbocycles. The van der Waals surface area contributed by atoms with Gasteiger partial charge in [0, 0.05) is 25.0 Å². The van der Waals surface area contributed by atoms with Gasteiger partial charge in [-0.05, 0) is 25.5 Å². The van der Waals surface area contributed by atoms with Gasteiger partial charge in [-0.3, -0.25) is 0 Å². The summed E-state index contributed by atoms with van der Waals surface area (Å²) >= 11 is 0. The molecular formula is C20H32N4O. The molecule has 0 saturated heterocycles. The lowest BCUT2D eigenvalue weighted by atomic mass is 10.0. The van der Waals surface area contributed by atoms with Crippen LogP contribution in [0.5, 0.6) is 0 Å². The van der Waals surface area contributed by atoms with E-state index >= 15 is 0 Å². The van der Waals surface area contributed by atoms with Crippen LogP contribution in [0, 0.1) is 5.92 Å². The SMILES string of the molecule is CC(C)c1noc([C@H](C)N[C@H](CN(C)Cc2ccccc2)C(C)C)n1. The second kappa shape index (κ2) is 9.11. The van der Waals surface area contributed by atoms with Crippen LogP contribution in [0.4, 0.5) is 0 Å². The summed E-state index contributed by atoms with van der Waals surface area (Å²) in [6.45, 7) is 12.6. The van der Waals surface area contributed by atoms with Gasteiger partial charge in [0.15, 0.2) is 5.82 Å². The topological polar surface area (TPSA) is 54.2 Å². The molecule has 0 fully saturated rings. The van der Waals surface area contributed by atoms with Crippen LogP contribution in [0.2, 0.25) is 0 Å². The number of aromatic nitrogens is 2. The highest BCUT2D eigenvalue weighted by Gasteiger charge is 2.22. The first-order valence-corrected chi connectivity index (χ1v) is 9.18. The molecule has 5 heteroatoms. The van der Waals surface area contributed by atoms with E-state index in [9.17, 15) is 0 Å². The Bertz CT molecular complexity index is 624. The Morgan fingerprint density at radius 1 is 1.08 bits per heavy atom. The Kier molecular flexibility index (Phi) is 7.14. The minimum atomic E-state index is 0.0394. The van der Waals surface area contributed by atoms with Crippen molar-refractivity contribution in [1.29, 1.82) is 0 Å². The molecule has 2 atom stereocenters. The molecule has 0 bridgehead atoms. The summed E-state index contributed by atoms with van der Waals surface area (Å²) in [5, 5.41) is 7.73. The summed E-state index contributed by atoms with van der Waals surface area (Å²) in [5.74, 6) is 2.22. The quantitative estimate of drug-likeness (QED) is 0.745. The summed E-state index contributed by atoms with van der Waals surface area (Å²) < 4.78 is 5.43. The van der Waals surface area contributed by atoms with E-state index in [-0.39, 0.29) is 12.0 Å². The fourth-order valence-corrected chi connectivity index (χ4v) is 2.80. The average Bonchev–Trinajstić information content (AvgIpc) is 3.05. The lowest BCUT2D eigenvalue weighted by Crippen LogP contribution is -2.44. The molecular weight excluding hydrogens is 312 g/mol. The molecule has 1 heterocycles. The van der Waals surface area contributed by atoms with Crippen molar-refractivity contribution in [3.8, 4) is 0 Å². The molecule has 2 aromatic rings. The summed E-state index contributed by atoms with van der Waals surface area (Å²) in [6.07, 6.45) is 0. The zero-order valence-corrected chi connectivity index (χ0v) is 16.4. The van der Waals surface area contributed by atoms with Gasteiger partial charge in [-0.1, -0.05) is 63.2 Å². The molecule has 138 valence electrons. The van der Waals surface area contributed by atoms with Crippen molar-refractivity contribution >= 4 is 0 Å². The predicted octanol–water partition coefficient (Wildman–Crippen LogP) is 4.00. The van der Waals surface area contributed by atoms with Crippen LogP contribution >= 0.6 is 0 Å². The van der Waals surface area contributed by atoms with Crippen LogP contribution in [0.1, 0.15) is 63.9 Å². The fourth-order valence-electron chi connectivity index (χ4n) is 2.80. The van der Waals surface area contributed by atoms with E-state index in [0.29, 0.717) is 17.9 Å². The maximum atomic E-state index is 5.43. The Hall–Kier alpha value is -1.72. The van der Waals surface area contributed by atoms with Crippen LogP contribution in [0.3, 0.4) is 0 Å². The van der Waals surface area contributed by atoms with Crippen molar-refractivity contribution in [3.05, 3.63) is 47.6 Å². The molecule has 0 aliphatic carbocycles. The first kappa shape index (κ1) is 19.6. The molecule has 0 radical (unpaired) electrons. The summed E-state index contributed by atoms with van der Waals surface area (Å²) in [4.78, 5) is 6.87. The molecule has 0 saturated carbocycles. The third-order valence-electron chi connectivity index (χ3n) is 4.42. The van der Waals surface area contributed by atoms with E-state index in [1.165, 1.54) is 5.56 Å². The standard InChI is InChI=1S/C20H32N4O/c1-14(2)18(13-24(6)12-17-10-8-7-9-11-17)21-16(5)20-22-19(15(3)4)23-25-20/h7-11,14-16,18,21H,12-13H2,1-6H3/t16-,18+/m0/s1. The summed E-state index contributed by atoms with van der Waals surface area (Å²) in [6, 6.07) is 11.0. The smallest absolute Gasteiger partial charge is 0.243 e. The number of nitrogens with zero attached hydrogens (tertiary/aromatic N) is 3. The molecule has 0 spiro atoms. The minimum Gasteiger partial charge on any atom is -0.338 e. The Morgan fingerprint density at radius 3 is 2.32 bits per heavy atom. The van der Waals surface area contributed by atoms with Gasteiger partial charge in [0.2, 0.25) is 5.89 Å². The highest BCUT2D eigenvalue weighted by Crippen LogP contribution is 2.17. The minimum absolute atomic E-state index is 0.0394. The zero-order valence-electron chi connectivity index (χ0n) is 16.4. The number of hydrogen-bond acceptors (Lipinski definition) is 5. The average molecular weight is 345 g/mol. The normalized spacial score (nSPS) is 14.4. The predicted molar refractivity (Wildman–Crippen MR) is 101 cm³/mol. The number of benzene rings is 1. The highest BCUT2D eigenvalue weighted by molar-refractivity contribution is 5.14. The van der Waals surface area contributed by atoms with Gasteiger partial charge in [-0.2, -0.15) is 4.98 Å². The van der Waals surface area contributed by atoms with Crippen molar-refractivity contribution in [1.82, 2.24) is 20.4 Å². The van der Waals surface area contributed by atoms with Crippen molar-refractivity contribution < 1.29 is 4.52 Å². The molecule has 1 aromatic heterocycles.